The maximum absolute atomic E-state index is 12.7. The molecule has 0 aromatic heterocycles. The molecule has 0 radical (unpaired) electrons. The van der Waals surface area contributed by atoms with Crippen LogP contribution in [0.25, 0.3) is 12.2 Å². The van der Waals surface area contributed by atoms with Gasteiger partial charge in [-0.2, -0.15) is 16.8 Å². The molecule has 316 valence electrons. The third-order valence-electron chi connectivity index (χ3n) is 8.44. The summed E-state index contributed by atoms with van der Waals surface area (Å²) in [6, 6.07) is 26.9. The highest BCUT2D eigenvalue weighted by Gasteiger charge is 2.21. The van der Waals surface area contributed by atoms with Crippen LogP contribution in [0.4, 0.5) is 22.7 Å². The summed E-state index contributed by atoms with van der Waals surface area (Å²) in [5, 5.41) is 33.1. The van der Waals surface area contributed by atoms with Crippen molar-refractivity contribution < 1.29 is 36.2 Å². The van der Waals surface area contributed by atoms with Gasteiger partial charge < -0.3 is 31.5 Å². The lowest BCUT2D eigenvalue weighted by Gasteiger charge is -2.28. The third kappa shape index (κ3) is 12.5. The molecule has 0 saturated heterocycles. The van der Waals surface area contributed by atoms with Gasteiger partial charge in [-0.25, -0.2) is 8.83 Å². The largest absolute Gasteiger partial charge is 0.394 e. The molecule has 20 heteroatoms. The SMILES string of the molecule is C[C@@H](CO)NC1=CN(Nc2ccccc2)SC(Nc2ccc(C=Cc3ccc(NC4=CC(N[C@@H](C)CO)=CN(Nc5ccccc5)S4)cc3S(=O)(=O)O)c(S(=O)(=O)O)c2)=C1. The molecule has 0 bridgehead atoms. The van der Waals surface area contributed by atoms with E-state index in [1.165, 1.54) is 60.3 Å². The van der Waals surface area contributed by atoms with E-state index < -0.39 is 30.0 Å². The molecule has 2 aliphatic rings. The van der Waals surface area contributed by atoms with Crippen molar-refractivity contribution in [1.82, 2.24) is 19.5 Å². The predicted molar refractivity (Wildman–Crippen MR) is 239 cm³/mol. The van der Waals surface area contributed by atoms with Gasteiger partial charge in [-0.3, -0.25) is 20.0 Å². The van der Waals surface area contributed by atoms with Crippen molar-refractivity contribution in [3.05, 3.63) is 154 Å². The van der Waals surface area contributed by atoms with Crippen LogP contribution in [0.3, 0.4) is 0 Å². The minimum atomic E-state index is -4.79. The number of para-hydroxylation sites is 2. The Morgan fingerprint density at radius 1 is 0.583 bits per heavy atom. The molecule has 60 heavy (non-hydrogen) atoms. The number of anilines is 4. The highest BCUT2D eigenvalue weighted by Crippen LogP contribution is 2.34. The smallest absolute Gasteiger partial charge is 0.295 e. The fourth-order valence-corrected chi connectivity index (χ4v) is 8.83. The number of aliphatic hydroxyl groups excluding tert-OH is 2. The average molecular weight is 893 g/mol. The standard InChI is InChI=1S/C40H44N8O8S4/c1-27(25-49)41-35-21-39(57-47(23-35)45-31-9-5-3-6-10-31)43-33-17-15-29(37(19-33)59(51,52)53)13-14-30-16-18-34(20-38(30)60(54,55)56)44-40-22-36(42-28(2)26-50)24-48(58-40)46-32-11-7-4-8-12-32/h3-24,27-28,41-46,49-50H,25-26H2,1-2H3,(H,51,52,53)(H,54,55,56)/t27-,28-/m0/s1. The predicted octanol–water partition coefficient (Wildman–Crippen LogP) is 6.46. The van der Waals surface area contributed by atoms with E-state index in [1.807, 2.05) is 74.5 Å². The molecule has 0 amide bonds. The van der Waals surface area contributed by atoms with E-state index in [2.05, 4.69) is 32.1 Å². The van der Waals surface area contributed by atoms with Crippen LogP contribution in [-0.2, 0) is 20.2 Å². The van der Waals surface area contributed by atoms with Crippen molar-refractivity contribution in [2.45, 2.75) is 35.7 Å². The van der Waals surface area contributed by atoms with Crippen molar-refractivity contribution in [2.75, 3.05) is 34.7 Å². The maximum atomic E-state index is 12.7. The van der Waals surface area contributed by atoms with Crippen LogP contribution in [-0.4, -0.2) is 70.3 Å². The summed E-state index contributed by atoms with van der Waals surface area (Å²) in [5.41, 5.74) is 10.1. The van der Waals surface area contributed by atoms with E-state index in [0.717, 1.165) is 11.4 Å². The maximum Gasteiger partial charge on any atom is 0.295 e. The van der Waals surface area contributed by atoms with E-state index in [0.29, 0.717) is 32.8 Å². The molecule has 16 nitrogen and oxygen atoms in total. The topological polar surface area (TPSA) is 228 Å². The van der Waals surface area contributed by atoms with Gasteiger partial charge in [0.15, 0.2) is 0 Å². The molecule has 0 spiro atoms. The number of allylic oxidation sites excluding steroid dienone is 2. The minimum Gasteiger partial charge on any atom is -0.394 e. The monoisotopic (exact) mass is 892 g/mol. The molecule has 0 fully saturated rings. The summed E-state index contributed by atoms with van der Waals surface area (Å²) >= 11 is 2.52. The lowest BCUT2D eigenvalue weighted by molar-refractivity contribution is 0.259. The lowest BCUT2D eigenvalue weighted by atomic mass is 10.1. The van der Waals surface area contributed by atoms with E-state index in [4.69, 9.17) is 0 Å². The first-order valence-corrected chi connectivity index (χ1v) is 22.7. The first kappa shape index (κ1) is 44.0. The third-order valence-corrected chi connectivity index (χ3v) is 11.9. The lowest BCUT2D eigenvalue weighted by Crippen LogP contribution is -2.31. The molecule has 0 unspecified atom stereocenters. The zero-order chi connectivity index (χ0) is 42.9. The first-order valence-electron chi connectivity index (χ1n) is 18.3. The van der Waals surface area contributed by atoms with Gasteiger partial charge in [0.2, 0.25) is 0 Å². The fraction of sp³-hybridized carbons (Fsp3) is 0.150. The Labute approximate surface area is 357 Å². The summed E-state index contributed by atoms with van der Waals surface area (Å²) in [4.78, 5) is -0.913. The van der Waals surface area contributed by atoms with Gasteiger partial charge in [0.05, 0.1) is 58.4 Å². The van der Waals surface area contributed by atoms with Gasteiger partial charge in [0.25, 0.3) is 20.2 Å². The average Bonchev–Trinajstić information content (AvgIpc) is 3.20. The Morgan fingerprint density at radius 2 is 0.967 bits per heavy atom. The van der Waals surface area contributed by atoms with Crippen LogP contribution in [0.15, 0.2) is 153 Å². The molecule has 4 aromatic rings. The van der Waals surface area contributed by atoms with Gasteiger partial charge in [-0.15, -0.1) is 0 Å². The van der Waals surface area contributed by atoms with Gasteiger partial charge in [-0.1, -0.05) is 60.7 Å². The van der Waals surface area contributed by atoms with Crippen LogP contribution in [0.1, 0.15) is 25.0 Å². The van der Waals surface area contributed by atoms with Crippen LogP contribution < -0.4 is 32.1 Å². The number of hydrogen-bond acceptors (Lipinski definition) is 16. The Hall–Kier alpha value is -5.58. The molecule has 2 atom stereocenters. The Morgan fingerprint density at radius 3 is 1.32 bits per heavy atom. The molecule has 2 aliphatic heterocycles. The summed E-state index contributed by atoms with van der Waals surface area (Å²) in [7, 11) is -9.59. The zero-order valence-corrected chi connectivity index (χ0v) is 35.5. The normalized spacial score (nSPS) is 15.6. The number of hydrogen-bond donors (Lipinski definition) is 10. The van der Waals surface area contributed by atoms with E-state index in [-0.39, 0.29) is 36.4 Å². The van der Waals surface area contributed by atoms with Crippen LogP contribution in [0, 0.1) is 0 Å². The number of aliphatic hydroxyl groups is 2. The number of nitrogens with one attached hydrogen (secondary N) is 6. The summed E-state index contributed by atoms with van der Waals surface area (Å²) < 4.78 is 74.8. The Kier molecular flexibility index (Phi) is 14.4. The summed E-state index contributed by atoms with van der Waals surface area (Å²) in [6.07, 6.45) is 9.80. The molecule has 0 saturated carbocycles. The number of rotatable bonds is 18. The fourth-order valence-electron chi connectivity index (χ4n) is 5.66. The van der Waals surface area contributed by atoms with Crippen LogP contribution in [0.2, 0.25) is 0 Å². The summed E-state index contributed by atoms with van der Waals surface area (Å²) in [5.74, 6) is 0. The molecule has 2 heterocycles. The Balaban J connectivity index is 1.23. The van der Waals surface area contributed by atoms with Gasteiger partial charge in [0, 0.05) is 47.4 Å². The molecular formula is C40H44N8O8S4. The molecule has 10 N–H and O–H groups in total. The number of hydrazine groups is 2. The number of benzene rings is 4. The first-order chi connectivity index (χ1) is 28.6. The quantitative estimate of drug-likeness (QED) is 0.0294. The van der Waals surface area contributed by atoms with E-state index in [1.54, 1.807) is 45.5 Å². The van der Waals surface area contributed by atoms with Gasteiger partial charge >= 0.3 is 0 Å². The molecular weight excluding hydrogens is 849 g/mol. The van der Waals surface area contributed by atoms with E-state index >= 15 is 0 Å². The second-order valence-corrected chi connectivity index (χ2v) is 18.3. The second-order valence-electron chi connectivity index (χ2n) is 13.5. The molecule has 0 aliphatic carbocycles. The van der Waals surface area contributed by atoms with Crippen LogP contribution in [0.5, 0.6) is 0 Å². The molecule has 6 rings (SSSR count). The summed E-state index contributed by atoms with van der Waals surface area (Å²) in [6.45, 7) is 3.40. The van der Waals surface area contributed by atoms with Crippen molar-refractivity contribution in [1.29, 1.82) is 0 Å². The second kappa shape index (κ2) is 19.7. The van der Waals surface area contributed by atoms with E-state index in [9.17, 15) is 36.2 Å². The van der Waals surface area contributed by atoms with Crippen molar-refractivity contribution in [2.24, 2.45) is 0 Å². The van der Waals surface area contributed by atoms with Crippen molar-refractivity contribution >= 4 is 79.0 Å². The van der Waals surface area contributed by atoms with Crippen molar-refractivity contribution in [3.63, 3.8) is 0 Å². The zero-order valence-electron chi connectivity index (χ0n) is 32.2. The molecule has 4 aromatic carbocycles. The Bertz CT molecular complexity index is 2360. The van der Waals surface area contributed by atoms with Crippen LogP contribution >= 0.6 is 23.9 Å². The van der Waals surface area contributed by atoms with Gasteiger partial charge in [0.1, 0.15) is 9.79 Å². The van der Waals surface area contributed by atoms with Crippen molar-refractivity contribution in [3.8, 4) is 0 Å². The highest BCUT2D eigenvalue weighted by atomic mass is 32.2. The number of nitrogens with zero attached hydrogens (tertiary/aromatic N) is 2. The minimum absolute atomic E-state index is 0.0434. The van der Waals surface area contributed by atoms with Gasteiger partial charge in [-0.05, 0) is 85.7 Å². The highest BCUT2D eigenvalue weighted by molar-refractivity contribution is 8.01.